The average molecular weight is 277 g/mol. The number of nitrogens with zero attached hydrogens (tertiary/aromatic N) is 3. The summed E-state index contributed by atoms with van der Waals surface area (Å²) in [6.07, 6.45) is 0.490. The van der Waals surface area contributed by atoms with Crippen LogP contribution >= 0.6 is 0 Å². The van der Waals surface area contributed by atoms with Crippen molar-refractivity contribution in [3.8, 4) is 17.2 Å². The number of aromatic nitrogens is 3. The first-order valence-corrected chi connectivity index (χ1v) is 6.02. The molecule has 0 saturated carbocycles. The smallest absolute Gasteiger partial charge is 0.358 e. The van der Waals surface area contributed by atoms with Crippen LogP contribution in [0.1, 0.15) is 23.1 Å². The Hall–Kier alpha value is -2.57. The van der Waals surface area contributed by atoms with Crippen molar-refractivity contribution in [1.82, 2.24) is 15.0 Å². The topological polar surface area (TPSA) is 86.5 Å². The fraction of sp³-hybridized carbons (Fsp3) is 0.308. The van der Waals surface area contributed by atoms with Crippen LogP contribution < -0.4 is 9.47 Å². The minimum atomic E-state index is -1.10. The SMILES string of the molecule is CCc1c(C(=O)O)nnn1-c1ccc(OC)cc1OC. The van der Waals surface area contributed by atoms with E-state index in [0.717, 1.165) is 0 Å². The summed E-state index contributed by atoms with van der Waals surface area (Å²) in [6.45, 7) is 1.84. The highest BCUT2D eigenvalue weighted by Crippen LogP contribution is 2.28. The van der Waals surface area contributed by atoms with E-state index in [0.29, 0.717) is 29.3 Å². The third kappa shape index (κ3) is 2.29. The molecule has 0 atom stereocenters. The Balaban J connectivity index is 2.59. The maximum Gasteiger partial charge on any atom is 0.358 e. The van der Waals surface area contributed by atoms with Crippen molar-refractivity contribution in [2.45, 2.75) is 13.3 Å². The number of carbonyl (C=O) groups is 1. The number of carboxylic acids is 1. The summed E-state index contributed by atoms with van der Waals surface area (Å²) < 4.78 is 11.9. The Bertz CT molecular complexity index is 637. The molecule has 1 aromatic carbocycles. The Kier molecular flexibility index (Phi) is 3.88. The third-order valence-electron chi connectivity index (χ3n) is 2.92. The molecule has 0 unspecified atom stereocenters. The van der Waals surface area contributed by atoms with Gasteiger partial charge in [-0.05, 0) is 18.6 Å². The van der Waals surface area contributed by atoms with Gasteiger partial charge < -0.3 is 14.6 Å². The lowest BCUT2D eigenvalue weighted by Gasteiger charge is -2.11. The van der Waals surface area contributed by atoms with E-state index in [1.165, 1.54) is 11.8 Å². The van der Waals surface area contributed by atoms with Gasteiger partial charge in [0.25, 0.3) is 0 Å². The molecule has 0 bridgehead atoms. The van der Waals surface area contributed by atoms with E-state index < -0.39 is 5.97 Å². The summed E-state index contributed by atoms with van der Waals surface area (Å²) in [4.78, 5) is 11.1. The molecule has 1 heterocycles. The van der Waals surface area contributed by atoms with Crippen molar-refractivity contribution in [1.29, 1.82) is 0 Å². The van der Waals surface area contributed by atoms with Crippen molar-refractivity contribution in [3.63, 3.8) is 0 Å². The lowest BCUT2D eigenvalue weighted by Crippen LogP contribution is -2.07. The van der Waals surface area contributed by atoms with Gasteiger partial charge in [0.2, 0.25) is 0 Å². The minimum Gasteiger partial charge on any atom is -0.497 e. The molecule has 0 fully saturated rings. The molecule has 0 radical (unpaired) electrons. The number of rotatable bonds is 5. The molecule has 0 aliphatic rings. The molecule has 0 amide bonds. The van der Waals surface area contributed by atoms with Gasteiger partial charge in [0.15, 0.2) is 5.69 Å². The minimum absolute atomic E-state index is 0.0506. The molecule has 1 N–H and O–H groups in total. The second-order valence-corrected chi connectivity index (χ2v) is 3.99. The van der Waals surface area contributed by atoms with Crippen LogP contribution in [0.15, 0.2) is 18.2 Å². The van der Waals surface area contributed by atoms with Crippen LogP contribution in [0, 0.1) is 0 Å². The summed E-state index contributed by atoms with van der Waals surface area (Å²) in [5.41, 5.74) is 1.08. The van der Waals surface area contributed by atoms with E-state index in [4.69, 9.17) is 14.6 Å². The normalized spacial score (nSPS) is 10.3. The molecule has 7 heteroatoms. The third-order valence-corrected chi connectivity index (χ3v) is 2.92. The summed E-state index contributed by atoms with van der Waals surface area (Å²) in [7, 11) is 3.09. The van der Waals surface area contributed by atoms with Gasteiger partial charge in [-0.1, -0.05) is 12.1 Å². The van der Waals surface area contributed by atoms with Gasteiger partial charge in [0, 0.05) is 6.07 Å². The first kappa shape index (κ1) is 13.9. The molecule has 0 aliphatic heterocycles. The van der Waals surface area contributed by atoms with Gasteiger partial charge in [0.1, 0.15) is 17.2 Å². The molecule has 2 aromatic rings. The lowest BCUT2D eigenvalue weighted by atomic mass is 10.2. The second-order valence-electron chi connectivity index (χ2n) is 3.99. The monoisotopic (exact) mass is 277 g/mol. The van der Waals surface area contributed by atoms with Crippen molar-refractivity contribution in [2.24, 2.45) is 0 Å². The van der Waals surface area contributed by atoms with Gasteiger partial charge in [0.05, 0.1) is 19.9 Å². The van der Waals surface area contributed by atoms with Crippen molar-refractivity contribution >= 4 is 5.97 Å². The molecule has 20 heavy (non-hydrogen) atoms. The maximum absolute atomic E-state index is 11.1. The van der Waals surface area contributed by atoms with E-state index in [2.05, 4.69) is 10.3 Å². The standard InChI is InChI=1S/C13H15N3O4/c1-4-9-12(13(17)18)14-15-16(9)10-6-5-8(19-2)7-11(10)20-3/h5-7H,4H2,1-3H3,(H,17,18). The quantitative estimate of drug-likeness (QED) is 0.892. The van der Waals surface area contributed by atoms with Crippen LogP contribution in [0.25, 0.3) is 5.69 Å². The number of methoxy groups -OCH3 is 2. The molecule has 106 valence electrons. The number of carboxylic acid groups (broad SMARTS) is 1. The Morgan fingerprint density at radius 1 is 1.35 bits per heavy atom. The first-order chi connectivity index (χ1) is 9.62. The van der Waals surface area contributed by atoms with E-state index in [-0.39, 0.29) is 5.69 Å². The zero-order chi connectivity index (χ0) is 14.7. The van der Waals surface area contributed by atoms with E-state index in [1.54, 1.807) is 25.3 Å². The first-order valence-electron chi connectivity index (χ1n) is 6.02. The number of ether oxygens (including phenoxy) is 2. The Morgan fingerprint density at radius 2 is 2.10 bits per heavy atom. The Morgan fingerprint density at radius 3 is 2.65 bits per heavy atom. The summed E-state index contributed by atoms with van der Waals surface area (Å²) >= 11 is 0. The van der Waals surface area contributed by atoms with Crippen molar-refractivity contribution in [2.75, 3.05) is 14.2 Å². The molecule has 0 spiro atoms. The molecule has 7 nitrogen and oxygen atoms in total. The highest BCUT2D eigenvalue weighted by atomic mass is 16.5. The number of aromatic carboxylic acids is 1. The van der Waals surface area contributed by atoms with Crippen LogP contribution in [0.3, 0.4) is 0 Å². The van der Waals surface area contributed by atoms with Gasteiger partial charge in [-0.2, -0.15) is 0 Å². The fourth-order valence-electron chi connectivity index (χ4n) is 1.94. The maximum atomic E-state index is 11.1. The van der Waals surface area contributed by atoms with Crippen LogP contribution in [0.4, 0.5) is 0 Å². The number of hydrogen-bond donors (Lipinski definition) is 1. The van der Waals surface area contributed by atoms with Gasteiger partial charge in [-0.3, -0.25) is 0 Å². The Labute approximate surface area is 115 Å². The zero-order valence-corrected chi connectivity index (χ0v) is 11.5. The highest BCUT2D eigenvalue weighted by Gasteiger charge is 2.20. The fourth-order valence-corrected chi connectivity index (χ4v) is 1.94. The second kappa shape index (κ2) is 5.60. The molecular formula is C13H15N3O4. The summed E-state index contributed by atoms with van der Waals surface area (Å²) in [5, 5.41) is 16.7. The largest absolute Gasteiger partial charge is 0.497 e. The molecule has 0 saturated heterocycles. The molecule has 1 aromatic heterocycles. The molecule has 0 aliphatic carbocycles. The highest BCUT2D eigenvalue weighted by molar-refractivity contribution is 5.86. The number of benzene rings is 1. The van der Waals surface area contributed by atoms with E-state index in [1.807, 2.05) is 6.92 Å². The number of hydrogen-bond acceptors (Lipinski definition) is 5. The zero-order valence-electron chi connectivity index (χ0n) is 11.5. The van der Waals surface area contributed by atoms with Crippen molar-refractivity contribution in [3.05, 3.63) is 29.6 Å². The average Bonchev–Trinajstić information content (AvgIpc) is 2.90. The van der Waals surface area contributed by atoms with Crippen molar-refractivity contribution < 1.29 is 19.4 Å². The van der Waals surface area contributed by atoms with Gasteiger partial charge in [-0.25, -0.2) is 9.48 Å². The summed E-state index contributed by atoms with van der Waals surface area (Å²) in [5.74, 6) is 0.0729. The molecule has 2 rings (SSSR count). The predicted octanol–water partition coefficient (Wildman–Crippen LogP) is 1.55. The molecular weight excluding hydrogens is 262 g/mol. The lowest BCUT2D eigenvalue weighted by molar-refractivity contribution is 0.0689. The predicted molar refractivity (Wildman–Crippen MR) is 70.8 cm³/mol. The van der Waals surface area contributed by atoms with Crippen LogP contribution in [-0.2, 0) is 6.42 Å². The van der Waals surface area contributed by atoms with Gasteiger partial charge >= 0.3 is 5.97 Å². The van der Waals surface area contributed by atoms with E-state index >= 15 is 0 Å². The van der Waals surface area contributed by atoms with Crippen LogP contribution in [0.5, 0.6) is 11.5 Å². The van der Waals surface area contributed by atoms with Gasteiger partial charge in [-0.15, -0.1) is 5.10 Å². The van der Waals surface area contributed by atoms with E-state index in [9.17, 15) is 4.79 Å². The van der Waals surface area contributed by atoms with Crippen LogP contribution in [-0.4, -0.2) is 40.3 Å². The van der Waals surface area contributed by atoms with Crippen LogP contribution in [0.2, 0.25) is 0 Å². The summed E-state index contributed by atoms with van der Waals surface area (Å²) in [6, 6.07) is 5.20.